The summed E-state index contributed by atoms with van der Waals surface area (Å²) in [5.41, 5.74) is 0. The van der Waals surface area contributed by atoms with Crippen molar-refractivity contribution in [3.05, 3.63) is 0 Å². The molecule has 5 fully saturated rings. The molecule has 1 unspecified atom stereocenters. The van der Waals surface area contributed by atoms with Gasteiger partial charge in [-0.15, -0.1) is 0 Å². The molecule has 0 aromatic rings. The van der Waals surface area contributed by atoms with Crippen molar-refractivity contribution in [3.8, 4) is 0 Å². The highest BCUT2D eigenvalue weighted by molar-refractivity contribution is 5.00. The van der Waals surface area contributed by atoms with Crippen LogP contribution in [0.5, 0.6) is 0 Å². The van der Waals surface area contributed by atoms with Gasteiger partial charge in [0, 0.05) is 35.5 Å². The van der Waals surface area contributed by atoms with Crippen LogP contribution in [0, 0.1) is 0 Å². The average Bonchev–Trinajstić information content (AvgIpc) is 3.25. The average molecular weight is 899 g/mol. The maximum absolute atomic E-state index is 11.6. The number of aliphatic hydroxyl groups excluding tert-OH is 12. The lowest BCUT2D eigenvalue weighted by Gasteiger charge is -2.50. The van der Waals surface area contributed by atoms with Gasteiger partial charge in [0.2, 0.25) is 0 Å². The van der Waals surface area contributed by atoms with E-state index in [0.717, 1.165) is 0 Å². The Morgan fingerprint density at radius 2 is 0.541 bits per heavy atom. The molecule has 61 heavy (non-hydrogen) atoms. The Morgan fingerprint density at radius 3 is 0.820 bits per heavy atom. The van der Waals surface area contributed by atoms with Gasteiger partial charge in [-0.2, -0.15) is 0 Å². The summed E-state index contributed by atoms with van der Waals surface area (Å²) in [6, 6.07) is 0. The van der Waals surface area contributed by atoms with Crippen LogP contribution in [0.2, 0.25) is 0 Å². The Balaban J connectivity index is 1.29. The number of aliphatic hydroxyl groups is 12. The van der Waals surface area contributed by atoms with E-state index in [0.29, 0.717) is 0 Å². The van der Waals surface area contributed by atoms with Crippen LogP contribution in [-0.4, -0.2) is 283 Å². The number of methoxy groups -OCH3 is 5. The highest BCUT2D eigenvalue weighted by Gasteiger charge is 2.57. The summed E-state index contributed by atoms with van der Waals surface area (Å²) >= 11 is 0. The van der Waals surface area contributed by atoms with Gasteiger partial charge in [0.05, 0.1) is 33.0 Å². The fourth-order valence-corrected chi connectivity index (χ4v) is 8.32. The van der Waals surface area contributed by atoms with Crippen molar-refractivity contribution in [2.75, 3.05) is 68.6 Å². The molecule has 5 heterocycles. The number of ether oxygens (including phenoxy) is 14. The normalized spacial score (nSPS) is 49.8. The van der Waals surface area contributed by atoms with Gasteiger partial charge in [-0.3, -0.25) is 0 Å². The van der Waals surface area contributed by atoms with Gasteiger partial charge in [-0.05, 0) is 0 Å². The first kappa shape index (κ1) is 51.0. The first-order chi connectivity index (χ1) is 29.2. The molecule has 0 aromatic heterocycles. The van der Waals surface area contributed by atoms with Crippen LogP contribution in [0.4, 0.5) is 0 Å². The number of rotatable bonds is 18. The predicted octanol–water partition coefficient (Wildman–Crippen LogP) is -8.65. The van der Waals surface area contributed by atoms with Gasteiger partial charge < -0.3 is 128 Å². The second-order valence-corrected chi connectivity index (χ2v) is 15.0. The van der Waals surface area contributed by atoms with E-state index in [1.54, 1.807) is 0 Å². The van der Waals surface area contributed by atoms with Gasteiger partial charge in [-0.25, -0.2) is 0 Å². The van der Waals surface area contributed by atoms with Crippen LogP contribution >= 0.6 is 0 Å². The van der Waals surface area contributed by atoms with E-state index >= 15 is 0 Å². The standard InChI is InChI=1S/C35H62O26/c1-48-26-16(41)11(6-36)54-32(18(26)43)59-23-13(8-38)56-34(20(45)28(23)50-3)61-25-15(10-40)57-35(21(46)30(25)52-5)60-24-14(9-39)55-33(19(44)29(24)51-4)58-22-12(7-37)53-31(47)17(42)27(22)49-2/h11-47H,6-10H2,1-5H3/t11-,12-,13-,14-,15-,16-,17+,18-,19+,20+,21+,22-,23-,24-,25-,26+,27-,28-,29-,30-,31?,32-,33-,34-,35-/m1/s1. The smallest absolute Gasteiger partial charge is 0.187 e. The minimum absolute atomic E-state index is 0.669. The molecule has 5 aliphatic heterocycles. The van der Waals surface area contributed by atoms with Crippen molar-refractivity contribution in [3.63, 3.8) is 0 Å². The van der Waals surface area contributed by atoms with Gasteiger partial charge in [-0.1, -0.05) is 0 Å². The van der Waals surface area contributed by atoms with Gasteiger partial charge in [0.15, 0.2) is 31.5 Å². The summed E-state index contributed by atoms with van der Waals surface area (Å²) in [5, 5.41) is 127. The summed E-state index contributed by atoms with van der Waals surface area (Å²) in [7, 11) is 6.03. The van der Waals surface area contributed by atoms with Crippen molar-refractivity contribution in [1.29, 1.82) is 0 Å². The van der Waals surface area contributed by atoms with Gasteiger partial charge in [0.25, 0.3) is 0 Å². The molecule has 25 atom stereocenters. The molecule has 5 saturated heterocycles. The van der Waals surface area contributed by atoms with Crippen LogP contribution in [0.25, 0.3) is 0 Å². The molecule has 26 nitrogen and oxygen atoms in total. The van der Waals surface area contributed by atoms with E-state index in [1.165, 1.54) is 35.5 Å². The predicted molar refractivity (Wildman–Crippen MR) is 190 cm³/mol. The van der Waals surface area contributed by atoms with Crippen LogP contribution in [0.1, 0.15) is 0 Å². The van der Waals surface area contributed by atoms with Crippen molar-refractivity contribution < 1.29 is 128 Å². The van der Waals surface area contributed by atoms with Crippen LogP contribution < -0.4 is 0 Å². The molecule has 0 radical (unpaired) electrons. The topological polar surface area (TPSA) is 372 Å². The fourth-order valence-electron chi connectivity index (χ4n) is 8.32. The molecule has 12 N–H and O–H groups in total. The van der Waals surface area contributed by atoms with Crippen molar-refractivity contribution in [2.24, 2.45) is 0 Å². The Labute approximate surface area is 349 Å². The Bertz CT molecular complexity index is 1290. The molecule has 358 valence electrons. The first-order valence-corrected chi connectivity index (χ1v) is 19.6. The maximum Gasteiger partial charge on any atom is 0.187 e. The van der Waals surface area contributed by atoms with Crippen molar-refractivity contribution in [2.45, 2.75) is 154 Å². The molecule has 0 aliphatic carbocycles. The monoisotopic (exact) mass is 898 g/mol. The van der Waals surface area contributed by atoms with E-state index in [4.69, 9.17) is 66.3 Å². The second kappa shape index (κ2) is 22.9. The summed E-state index contributed by atoms with van der Waals surface area (Å²) < 4.78 is 79.5. The molecule has 0 spiro atoms. The Morgan fingerprint density at radius 1 is 0.295 bits per heavy atom. The summed E-state index contributed by atoms with van der Waals surface area (Å²) in [6.45, 7) is -3.71. The van der Waals surface area contributed by atoms with Crippen LogP contribution in [-0.2, 0) is 66.3 Å². The third-order valence-corrected chi connectivity index (χ3v) is 11.5. The Hall–Kier alpha value is -1.04. The van der Waals surface area contributed by atoms with Crippen LogP contribution in [0.15, 0.2) is 0 Å². The summed E-state index contributed by atoms with van der Waals surface area (Å²) in [4.78, 5) is 0. The molecular formula is C35H62O26. The third-order valence-electron chi connectivity index (χ3n) is 11.5. The van der Waals surface area contributed by atoms with E-state index in [-0.39, 0.29) is 0 Å². The minimum Gasteiger partial charge on any atom is -0.394 e. The highest BCUT2D eigenvalue weighted by Crippen LogP contribution is 2.37. The molecule has 0 saturated carbocycles. The van der Waals surface area contributed by atoms with Crippen molar-refractivity contribution in [1.82, 2.24) is 0 Å². The molecule has 5 aliphatic rings. The first-order valence-electron chi connectivity index (χ1n) is 19.6. The quantitative estimate of drug-likeness (QED) is 0.0608. The molecular weight excluding hydrogens is 836 g/mol. The molecule has 0 bridgehead atoms. The largest absolute Gasteiger partial charge is 0.394 e. The minimum atomic E-state index is -1.77. The van der Waals surface area contributed by atoms with E-state index < -0.39 is 187 Å². The van der Waals surface area contributed by atoms with Gasteiger partial charge >= 0.3 is 0 Å². The lowest BCUT2D eigenvalue weighted by molar-refractivity contribution is -0.395. The molecule has 0 aromatic carbocycles. The van der Waals surface area contributed by atoms with E-state index in [2.05, 4.69) is 0 Å². The second-order valence-electron chi connectivity index (χ2n) is 15.0. The molecule has 0 amide bonds. The van der Waals surface area contributed by atoms with Crippen molar-refractivity contribution >= 4 is 0 Å². The lowest BCUT2D eigenvalue weighted by Crippen LogP contribution is -2.68. The molecule has 5 rings (SSSR count). The zero-order valence-electron chi connectivity index (χ0n) is 34.1. The third kappa shape index (κ3) is 10.5. The SMILES string of the molecule is CO[C@@H]1[C@@H](O)[C@@H](O[C@H]2[C@H](OC)[C@H](O)[C@@H](O[C@H]3[C@H](OC)[C@H](O)[C@@H](O[C@H]4[C@H](OC)[C@H](O)[C@@H](O[C@H]5[C@H](OC)[C@H](O)C(O)O[C@@H]5CO)O[C@@H]4CO)O[C@@H]3CO)O[C@@H]2CO)O[C@H](CO)[C@H]1O. The molecule has 26 heteroatoms. The zero-order valence-corrected chi connectivity index (χ0v) is 34.1. The lowest BCUT2D eigenvalue weighted by atomic mass is 9.95. The van der Waals surface area contributed by atoms with Crippen LogP contribution in [0.3, 0.4) is 0 Å². The number of hydrogen-bond acceptors (Lipinski definition) is 26. The van der Waals surface area contributed by atoms with Gasteiger partial charge in [0.1, 0.15) is 122 Å². The summed E-state index contributed by atoms with van der Waals surface area (Å²) in [6.07, 6.45) is -37.0. The van der Waals surface area contributed by atoms with E-state index in [9.17, 15) is 61.3 Å². The van der Waals surface area contributed by atoms with E-state index in [1.807, 2.05) is 0 Å². The fraction of sp³-hybridized carbons (Fsp3) is 1.00. The Kier molecular flexibility index (Phi) is 19.1. The highest BCUT2D eigenvalue weighted by atomic mass is 16.8. The summed E-state index contributed by atoms with van der Waals surface area (Å²) in [5.74, 6) is 0. The number of hydrogen-bond donors (Lipinski definition) is 12. The zero-order chi connectivity index (χ0) is 44.9. The maximum atomic E-state index is 11.6.